The molecule has 0 atom stereocenters. The van der Waals surface area contributed by atoms with Crippen LogP contribution in [0, 0.1) is 0 Å². The molecule has 9 heteroatoms. The van der Waals surface area contributed by atoms with Gasteiger partial charge in [0.25, 0.3) is 0 Å². The number of aromatic nitrogens is 4. The van der Waals surface area contributed by atoms with Crippen LogP contribution in [0.1, 0.15) is 6.92 Å². The van der Waals surface area contributed by atoms with E-state index in [9.17, 15) is 8.42 Å². The Kier molecular flexibility index (Phi) is 4.08. The largest absolute Gasteiger partial charge is 0.338 e. The lowest BCUT2D eigenvalue weighted by atomic mass is 10.4. The minimum atomic E-state index is -3.47. The van der Waals surface area contributed by atoms with Crippen molar-refractivity contribution in [2.75, 3.05) is 31.1 Å². The minimum Gasteiger partial charge on any atom is -0.338 e. The summed E-state index contributed by atoms with van der Waals surface area (Å²) in [5.41, 5.74) is 0. The fraction of sp³-hybridized carbons (Fsp3) is 0.462. The molecule has 1 fully saturated rings. The van der Waals surface area contributed by atoms with Crippen LogP contribution < -0.4 is 4.90 Å². The molecule has 0 N–H and O–H groups in total. The van der Waals surface area contributed by atoms with E-state index in [1.54, 1.807) is 29.3 Å². The molecule has 0 aliphatic carbocycles. The number of rotatable bonds is 4. The van der Waals surface area contributed by atoms with Crippen LogP contribution in [0.5, 0.6) is 0 Å². The maximum absolute atomic E-state index is 12.6. The summed E-state index contributed by atoms with van der Waals surface area (Å²) in [7, 11) is -3.47. The van der Waals surface area contributed by atoms with Gasteiger partial charge in [-0.3, -0.25) is 4.68 Å². The summed E-state index contributed by atoms with van der Waals surface area (Å²) in [4.78, 5) is 10.6. The molecule has 0 amide bonds. The van der Waals surface area contributed by atoms with Crippen molar-refractivity contribution >= 4 is 16.0 Å². The number of hydrogen-bond donors (Lipinski definition) is 0. The molecule has 2 aromatic heterocycles. The molecule has 0 bridgehead atoms. The quantitative estimate of drug-likeness (QED) is 0.800. The third-order valence-corrected chi connectivity index (χ3v) is 5.50. The average molecular weight is 322 g/mol. The molecule has 3 rings (SSSR count). The highest BCUT2D eigenvalue weighted by Crippen LogP contribution is 2.18. The van der Waals surface area contributed by atoms with E-state index in [4.69, 9.17) is 0 Å². The fourth-order valence-corrected chi connectivity index (χ4v) is 3.76. The van der Waals surface area contributed by atoms with Gasteiger partial charge in [-0.15, -0.1) is 0 Å². The summed E-state index contributed by atoms with van der Waals surface area (Å²) < 4.78 is 28.3. The Labute approximate surface area is 129 Å². The molecule has 1 saturated heterocycles. The van der Waals surface area contributed by atoms with Gasteiger partial charge in [-0.2, -0.15) is 9.40 Å². The van der Waals surface area contributed by atoms with E-state index < -0.39 is 10.0 Å². The smallest absolute Gasteiger partial charge is 0.246 e. The summed E-state index contributed by atoms with van der Waals surface area (Å²) in [6.45, 7) is 4.54. The summed E-state index contributed by atoms with van der Waals surface area (Å²) in [5, 5.41) is 4.04. The zero-order valence-electron chi connectivity index (χ0n) is 12.3. The normalized spacial score (nSPS) is 16.9. The monoisotopic (exact) mass is 322 g/mol. The maximum Gasteiger partial charge on any atom is 0.246 e. The van der Waals surface area contributed by atoms with Gasteiger partial charge in [-0.05, 0) is 13.0 Å². The van der Waals surface area contributed by atoms with Gasteiger partial charge < -0.3 is 4.90 Å². The van der Waals surface area contributed by atoms with Gasteiger partial charge in [0.15, 0.2) is 0 Å². The third-order valence-electron chi connectivity index (χ3n) is 3.64. The van der Waals surface area contributed by atoms with Crippen molar-refractivity contribution in [3.63, 3.8) is 0 Å². The van der Waals surface area contributed by atoms with Gasteiger partial charge in [-0.1, -0.05) is 0 Å². The van der Waals surface area contributed by atoms with Gasteiger partial charge in [0.1, 0.15) is 4.90 Å². The van der Waals surface area contributed by atoms with Gasteiger partial charge in [0.2, 0.25) is 16.0 Å². The van der Waals surface area contributed by atoms with E-state index in [1.165, 1.54) is 10.5 Å². The molecule has 22 heavy (non-hydrogen) atoms. The average Bonchev–Trinajstić information content (AvgIpc) is 3.06. The molecule has 0 spiro atoms. The molecule has 0 unspecified atom stereocenters. The van der Waals surface area contributed by atoms with Crippen LogP contribution >= 0.6 is 0 Å². The third kappa shape index (κ3) is 2.81. The standard InChI is InChI=1S/C13H18N6O2S/c1-2-18-11-12(10-16-18)22(20,21)19-8-6-17(7-9-19)13-14-4-3-5-15-13/h3-5,10-11H,2,6-9H2,1H3. The lowest BCUT2D eigenvalue weighted by molar-refractivity contribution is 0.382. The van der Waals surface area contributed by atoms with Crippen LogP contribution in [0.4, 0.5) is 5.95 Å². The molecular formula is C13H18N6O2S. The number of sulfonamides is 1. The highest BCUT2D eigenvalue weighted by atomic mass is 32.2. The highest BCUT2D eigenvalue weighted by molar-refractivity contribution is 7.89. The van der Waals surface area contributed by atoms with E-state index in [0.717, 1.165) is 0 Å². The molecule has 1 aliphatic heterocycles. The van der Waals surface area contributed by atoms with Crippen LogP contribution in [-0.2, 0) is 16.6 Å². The molecule has 0 aromatic carbocycles. The Balaban J connectivity index is 1.70. The van der Waals surface area contributed by atoms with Crippen LogP contribution in [-0.4, -0.2) is 58.7 Å². The van der Waals surface area contributed by atoms with E-state index in [2.05, 4.69) is 15.1 Å². The number of hydrogen-bond acceptors (Lipinski definition) is 6. The Hall–Kier alpha value is -2.00. The lowest BCUT2D eigenvalue weighted by Gasteiger charge is -2.33. The van der Waals surface area contributed by atoms with Gasteiger partial charge in [0.05, 0.1) is 6.20 Å². The Morgan fingerprint density at radius 2 is 1.82 bits per heavy atom. The molecule has 3 heterocycles. The van der Waals surface area contributed by atoms with Crippen molar-refractivity contribution in [3.05, 3.63) is 30.9 Å². The van der Waals surface area contributed by atoms with Crippen molar-refractivity contribution in [3.8, 4) is 0 Å². The van der Waals surface area contributed by atoms with Crippen molar-refractivity contribution in [2.24, 2.45) is 0 Å². The predicted molar refractivity (Wildman–Crippen MR) is 80.9 cm³/mol. The maximum atomic E-state index is 12.6. The van der Waals surface area contributed by atoms with Crippen molar-refractivity contribution < 1.29 is 8.42 Å². The van der Waals surface area contributed by atoms with E-state index in [-0.39, 0.29) is 4.90 Å². The second-order valence-corrected chi connectivity index (χ2v) is 6.91. The Morgan fingerprint density at radius 1 is 1.14 bits per heavy atom. The van der Waals surface area contributed by atoms with Crippen LogP contribution in [0.25, 0.3) is 0 Å². The predicted octanol–water partition coefficient (Wildman–Crippen LogP) is 0.204. The first-order valence-corrected chi connectivity index (χ1v) is 8.60. The molecular weight excluding hydrogens is 304 g/mol. The van der Waals surface area contributed by atoms with Crippen LogP contribution in [0.15, 0.2) is 35.7 Å². The highest BCUT2D eigenvalue weighted by Gasteiger charge is 2.30. The molecule has 8 nitrogen and oxygen atoms in total. The van der Waals surface area contributed by atoms with Crippen molar-refractivity contribution in [2.45, 2.75) is 18.4 Å². The fourth-order valence-electron chi connectivity index (χ4n) is 2.38. The van der Waals surface area contributed by atoms with E-state index in [0.29, 0.717) is 38.7 Å². The SMILES string of the molecule is CCn1cc(S(=O)(=O)N2CCN(c3ncccn3)CC2)cn1. The first-order chi connectivity index (χ1) is 10.6. The molecule has 2 aromatic rings. The number of aryl methyl sites for hydroxylation is 1. The first-order valence-electron chi connectivity index (χ1n) is 7.16. The second kappa shape index (κ2) is 6.01. The molecule has 0 saturated carbocycles. The topological polar surface area (TPSA) is 84.2 Å². The lowest BCUT2D eigenvalue weighted by Crippen LogP contribution is -2.49. The van der Waals surface area contributed by atoms with Crippen LogP contribution in [0.3, 0.4) is 0 Å². The van der Waals surface area contributed by atoms with Crippen molar-refractivity contribution in [1.82, 2.24) is 24.1 Å². The number of nitrogens with zero attached hydrogens (tertiary/aromatic N) is 6. The number of piperazine rings is 1. The molecule has 0 radical (unpaired) electrons. The van der Waals surface area contributed by atoms with Crippen LogP contribution in [0.2, 0.25) is 0 Å². The zero-order chi connectivity index (χ0) is 15.6. The van der Waals surface area contributed by atoms with Gasteiger partial charge in [0, 0.05) is 51.3 Å². The molecule has 1 aliphatic rings. The van der Waals surface area contributed by atoms with Crippen molar-refractivity contribution in [1.29, 1.82) is 0 Å². The molecule has 118 valence electrons. The zero-order valence-corrected chi connectivity index (χ0v) is 13.1. The first kappa shape index (κ1) is 14.9. The Morgan fingerprint density at radius 3 is 2.41 bits per heavy atom. The second-order valence-electron chi connectivity index (χ2n) is 4.97. The van der Waals surface area contributed by atoms with E-state index in [1.807, 2.05) is 11.8 Å². The summed E-state index contributed by atoms with van der Waals surface area (Å²) >= 11 is 0. The summed E-state index contributed by atoms with van der Waals surface area (Å²) in [6, 6.07) is 1.76. The van der Waals surface area contributed by atoms with Gasteiger partial charge >= 0.3 is 0 Å². The summed E-state index contributed by atoms with van der Waals surface area (Å²) in [5.74, 6) is 0.637. The van der Waals surface area contributed by atoms with E-state index >= 15 is 0 Å². The Bertz CT molecular complexity index is 722. The summed E-state index contributed by atoms with van der Waals surface area (Å²) in [6.07, 6.45) is 6.35. The van der Waals surface area contributed by atoms with Gasteiger partial charge in [-0.25, -0.2) is 18.4 Å². The number of anilines is 1. The minimum absolute atomic E-state index is 0.249.